The number of carbonyl (C=O) groups is 1. The summed E-state index contributed by atoms with van der Waals surface area (Å²) in [5.74, 6) is -1.60. The molecule has 1 aromatic carbocycles. The Morgan fingerprint density at radius 1 is 1.23 bits per heavy atom. The summed E-state index contributed by atoms with van der Waals surface area (Å²) >= 11 is 0. The molecule has 2 bridgehead atoms. The summed E-state index contributed by atoms with van der Waals surface area (Å²) in [6, 6.07) is 2.20. The molecular formula is C15H16F4N2O. The number of amides is 1. The van der Waals surface area contributed by atoms with Crippen molar-refractivity contribution in [3.63, 3.8) is 0 Å². The van der Waals surface area contributed by atoms with Crippen molar-refractivity contribution >= 4 is 11.6 Å². The molecule has 1 amide bonds. The summed E-state index contributed by atoms with van der Waals surface area (Å²) in [5.41, 5.74) is 4.59. The maximum absolute atomic E-state index is 13.2. The topological polar surface area (TPSA) is 55.1 Å². The van der Waals surface area contributed by atoms with Crippen LogP contribution in [0, 0.1) is 23.6 Å². The lowest BCUT2D eigenvalue weighted by Gasteiger charge is -2.27. The predicted molar refractivity (Wildman–Crippen MR) is 72.3 cm³/mol. The van der Waals surface area contributed by atoms with Gasteiger partial charge in [-0.05, 0) is 49.3 Å². The van der Waals surface area contributed by atoms with Crippen LogP contribution in [0.25, 0.3) is 0 Å². The van der Waals surface area contributed by atoms with Gasteiger partial charge in [-0.25, -0.2) is 4.39 Å². The summed E-state index contributed by atoms with van der Waals surface area (Å²) in [6.07, 6.45) is -1.97. The smallest absolute Gasteiger partial charge is 0.327 e. The lowest BCUT2D eigenvalue weighted by atomic mass is 9.84. The molecule has 0 saturated heterocycles. The van der Waals surface area contributed by atoms with Crippen LogP contribution in [0.5, 0.6) is 0 Å². The van der Waals surface area contributed by atoms with Crippen LogP contribution in [0.2, 0.25) is 0 Å². The minimum absolute atomic E-state index is 0.0614. The number of hydrogen-bond donors (Lipinski definition) is 2. The largest absolute Gasteiger partial charge is 0.419 e. The third-order valence-corrected chi connectivity index (χ3v) is 4.82. The van der Waals surface area contributed by atoms with Crippen LogP contribution >= 0.6 is 0 Å². The maximum atomic E-state index is 13.2. The van der Waals surface area contributed by atoms with Gasteiger partial charge in [0.25, 0.3) is 0 Å². The van der Waals surface area contributed by atoms with Crippen molar-refractivity contribution < 1.29 is 22.4 Å². The number of halogens is 4. The second-order valence-corrected chi connectivity index (χ2v) is 6.12. The zero-order valence-electron chi connectivity index (χ0n) is 11.7. The molecule has 3 rings (SSSR count). The zero-order valence-corrected chi connectivity index (χ0v) is 11.7. The number of alkyl halides is 3. The van der Waals surface area contributed by atoms with Crippen molar-refractivity contribution in [1.29, 1.82) is 0 Å². The molecule has 0 aliphatic heterocycles. The van der Waals surface area contributed by atoms with E-state index >= 15 is 0 Å². The van der Waals surface area contributed by atoms with Crippen molar-refractivity contribution in [1.82, 2.24) is 0 Å². The molecule has 2 aliphatic carbocycles. The van der Waals surface area contributed by atoms with Gasteiger partial charge in [0, 0.05) is 11.7 Å². The molecule has 2 fully saturated rings. The van der Waals surface area contributed by atoms with Crippen molar-refractivity contribution in [2.45, 2.75) is 31.5 Å². The fourth-order valence-electron chi connectivity index (χ4n) is 3.77. The minimum Gasteiger partial charge on any atom is -0.327 e. The van der Waals surface area contributed by atoms with E-state index in [0.29, 0.717) is 18.1 Å². The van der Waals surface area contributed by atoms with Gasteiger partial charge in [0.05, 0.1) is 11.5 Å². The molecule has 0 aromatic heterocycles. The van der Waals surface area contributed by atoms with E-state index in [-0.39, 0.29) is 29.5 Å². The molecule has 0 heterocycles. The van der Waals surface area contributed by atoms with E-state index in [1.807, 2.05) is 0 Å². The number of hydrogen-bond acceptors (Lipinski definition) is 2. The Morgan fingerprint density at radius 2 is 1.91 bits per heavy atom. The highest BCUT2D eigenvalue weighted by Gasteiger charge is 2.49. The predicted octanol–water partition coefficient (Wildman–Crippen LogP) is 3.16. The highest BCUT2D eigenvalue weighted by atomic mass is 19.4. The monoisotopic (exact) mass is 316 g/mol. The van der Waals surface area contributed by atoms with Gasteiger partial charge in [-0.1, -0.05) is 0 Å². The first-order valence-corrected chi connectivity index (χ1v) is 7.20. The van der Waals surface area contributed by atoms with Gasteiger partial charge in [0.1, 0.15) is 5.82 Å². The first kappa shape index (κ1) is 15.3. The molecule has 2 aliphatic rings. The number of benzene rings is 1. The second-order valence-electron chi connectivity index (χ2n) is 6.12. The molecule has 3 nitrogen and oxygen atoms in total. The van der Waals surface area contributed by atoms with Gasteiger partial charge in [-0.2, -0.15) is 13.2 Å². The average Bonchev–Trinajstić information content (AvgIpc) is 3.00. The van der Waals surface area contributed by atoms with Crippen LogP contribution in [-0.4, -0.2) is 11.9 Å². The first-order chi connectivity index (χ1) is 10.3. The van der Waals surface area contributed by atoms with Gasteiger partial charge in [-0.3, -0.25) is 4.79 Å². The van der Waals surface area contributed by atoms with Gasteiger partial charge in [-0.15, -0.1) is 0 Å². The fourth-order valence-corrected chi connectivity index (χ4v) is 3.77. The molecule has 22 heavy (non-hydrogen) atoms. The Kier molecular flexibility index (Phi) is 3.63. The summed E-state index contributed by atoms with van der Waals surface area (Å²) in [6.45, 7) is 0. The number of anilines is 1. The Bertz CT molecular complexity index is 600. The molecule has 7 heteroatoms. The van der Waals surface area contributed by atoms with Crippen LogP contribution in [0.15, 0.2) is 18.2 Å². The normalized spacial score (nSPS) is 30.6. The number of carbonyl (C=O) groups excluding carboxylic acids is 1. The Hall–Kier alpha value is -1.63. The molecule has 0 spiro atoms. The van der Waals surface area contributed by atoms with Crippen LogP contribution in [0.1, 0.15) is 24.8 Å². The lowest BCUT2D eigenvalue weighted by molar-refractivity contribution is -0.140. The molecular weight excluding hydrogens is 300 g/mol. The van der Waals surface area contributed by atoms with E-state index < -0.39 is 17.6 Å². The van der Waals surface area contributed by atoms with Crippen molar-refractivity contribution in [2.24, 2.45) is 23.5 Å². The average molecular weight is 316 g/mol. The van der Waals surface area contributed by atoms with E-state index in [9.17, 15) is 22.4 Å². The third kappa shape index (κ3) is 2.58. The summed E-state index contributed by atoms with van der Waals surface area (Å²) in [7, 11) is 0. The van der Waals surface area contributed by atoms with E-state index in [0.717, 1.165) is 25.3 Å². The maximum Gasteiger partial charge on any atom is 0.419 e. The molecule has 0 unspecified atom stereocenters. The Balaban J connectivity index is 1.78. The van der Waals surface area contributed by atoms with E-state index in [1.165, 1.54) is 0 Å². The molecule has 2 saturated carbocycles. The summed E-state index contributed by atoms with van der Waals surface area (Å²) in [4.78, 5) is 12.3. The Morgan fingerprint density at radius 3 is 2.50 bits per heavy atom. The molecule has 4 atom stereocenters. The van der Waals surface area contributed by atoms with Crippen molar-refractivity contribution in [3.8, 4) is 0 Å². The van der Waals surface area contributed by atoms with Gasteiger partial charge < -0.3 is 11.1 Å². The lowest BCUT2D eigenvalue weighted by Crippen LogP contribution is -2.42. The molecule has 0 radical (unpaired) electrons. The van der Waals surface area contributed by atoms with Crippen LogP contribution in [-0.2, 0) is 11.0 Å². The first-order valence-electron chi connectivity index (χ1n) is 7.20. The van der Waals surface area contributed by atoms with Crippen molar-refractivity contribution in [2.75, 3.05) is 5.32 Å². The summed E-state index contributed by atoms with van der Waals surface area (Å²) in [5, 5.41) is 2.45. The van der Waals surface area contributed by atoms with Crippen LogP contribution in [0.4, 0.5) is 23.2 Å². The SMILES string of the molecule is N[C@@H]1[C@H]2CC[C@H](C2)[C@@H]1C(=O)Nc1ccc(F)c(C(F)(F)F)c1. The van der Waals surface area contributed by atoms with E-state index in [1.54, 1.807) is 0 Å². The van der Waals surface area contributed by atoms with Crippen LogP contribution < -0.4 is 11.1 Å². The minimum atomic E-state index is -4.80. The third-order valence-electron chi connectivity index (χ3n) is 4.82. The van der Waals surface area contributed by atoms with Gasteiger partial charge >= 0.3 is 6.18 Å². The zero-order chi connectivity index (χ0) is 16.1. The highest BCUT2D eigenvalue weighted by Crippen LogP contribution is 2.48. The summed E-state index contributed by atoms with van der Waals surface area (Å²) < 4.78 is 51.3. The Labute approximate surface area is 124 Å². The van der Waals surface area contributed by atoms with E-state index in [4.69, 9.17) is 5.73 Å². The fraction of sp³-hybridized carbons (Fsp3) is 0.533. The van der Waals surface area contributed by atoms with Crippen molar-refractivity contribution in [3.05, 3.63) is 29.6 Å². The number of nitrogens with one attached hydrogen (secondary N) is 1. The molecule has 120 valence electrons. The standard InChI is InChI=1S/C15H16F4N2O/c16-11-4-3-9(6-10(11)15(17,18)19)21-14(22)12-7-1-2-8(5-7)13(12)20/h3-4,6-8,12-13H,1-2,5,20H2,(H,21,22)/t7-,8+,12+,13-/m1/s1. The van der Waals surface area contributed by atoms with E-state index in [2.05, 4.69) is 5.32 Å². The quantitative estimate of drug-likeness (QED) is 0.824. The molecule has 1 aromatic rings. The second kappa shape index (κ2) is 5.22. The van der Waals surface area contributed by atoms with Gasteiger partial charge in [0.2, 0.25) is 5.91 Å². The van der Waals surface area contributed by atoms with Crippen LogP contribution in [0.3, 0.4) is 0 Å². The number of rotatable bonds is 2. The number of nitrogens with two attached hydrogens (primary N) is 1. The number of fused-ring (bicyclic) bond motifs is 2. The molecule has 3 N–H and O–H groups in total. The van der Waals surface area contributed by atoms with Gasteiger partial charge in [0.15, 0.2) is 0 Å². The highest BCUT2D eigenvalue weighted by molar-refractivity contribution is 5.93.